The molecule has 0 radical (unpaired) electrons. The highest BCUT2D eigenvalue weighted by Gasteiger charge is 2.38. The van der Waals surface area contributed by atoms with Crippen molar-refractivity contribution in [2.24, 2.45) is 5.92 Å². The van der Waals surface area contributed by atoms with Gasteiger partial charge < -0.3 is 9.52 Å². The second-order valence-corrected chi connectivity index (χ2v) is 9.54. The lowest BCUT2D eigenvalue weighted by atomic mass is 10.1. The number of aliphatic carboxylic acids is 1. The minimum Gasteiger partial charge on any atom is -0.475 e. The molecular weight excluding hydrogens is 453 g/mol. The number of rotatable bonds is 7. The maximum absolute atomic E-state index is 11.6. The molecule has 0 spiro atoms. The number of hydrogen-bond donors (Lipinski definition) is 2. The summed E-state index contributed by atoms with van der Waals surface area (Å²) in [5, 5.41) is 11.5. The van der Waals surface area contributed by atoms with Crippen LogP contribution in [-0.2, 0) is 34.5 Å². The van der Waals surface area contributed by atoms with Crippen molar-refractivity contribution >= 4 is 16.0 Å². The van der Waals surface area contributed by atoms with Crippen LogP contribution < -0.4 is 4.72 Å². The number of alkyl halides is 3. The highest BCUT2D eigenvalue weighted by molar-refractivity contribution is 7.89. The van der Waals surface area contributed by atoms with Crippen LogP contribution in [0.3, 0.4) is 0 Å². The maximum Gasteiger partial charge on any atom is 0.490 e. The topological polar surface area (TPSA) is 118 Å². The van der Waals surface area contributed by atoms with Gasteiger partial charge in [-0.05, 0) is 44.4 Å². The zero-order valence-corrected chi connectivity index (χ0v) is 18.6. The average Bonchev–Trinajstić information content (AvgIpc) is 3.26. The molecule has 2 aromatic heterocycles. The van der Waals surface area contributed by atoms with Gasteiger partial charge in [0.05, 0.1) is 18.0 Å². The number of nitrogens with one attached hydrogen (secondary N) is 1. The quantitative estimate of drug-likeness (QED) is 0.625. The van der Waals surface area contributed by atoms with E-state index in [1.807, 2.05) is 36.0 Å². The molecule has 0 amide bonds. The number of furan rings is 1. The molecule has 13 heteroatoms. The molecule has 0 fully saturated rings. The highest BCUT2D eigenvalue weighted by Crippen LogP contribution is 2.21. The third-order valence-corrected chi connectivity index (χ3v) is 6.21. The molecule has 2 N–H and O–H groups in total. The number of hydrogen-bond acceptors (Lipinski definition) is 6. The van der Waals surface area contributed by atoms with Crippen LogP contribution in [0.25, 0.3) is 0 Å². The second kappa shape index (κ2) is 11.0. The number of nitrogens with zero attached hydrogens (tertiary/aromatic N) is 3. The summed E-state index contributed by atoms with van der Waals surface area (Å²) in [6, 6.07) is 6.04. The van der Waals surface area contributed by atoms with Crippen molar-refractivity contribution in [2.45, 2.75) is 46.1 Å². The fraction of sp³-hybridized carbons (Fsp3) is 0.579. The van der Waals surface area contributed by atoms with E-state index in [1.165, 1.54) is 5.69 Å². The maximum atomic E-state index is 11.6. The standard InChI is InChI=1S/C17H26N4O3S.C2HF3O2/c1-3-25(22,23)19-9-6-15-10-20(13-17-5-4-14(2)24-17)12-16-7-8-18-21(16)11-15;3-2(4,5)1(6)7/h4-5,7-8,15,19H,3,6,9-13H2,1-2H3;(H,6,7). The van der Waals surface area contributed by atoms with Crippen LogP contribution >= 0.6 is 0 Å². The molecule has 3 heterocycles. The Hall–Kier alpha value is -2.38. The summed E-state index contributed by atoms with van der Waals surface area (Å²) in [5.41, 5.74) is 1.18. The van der Waals surface area contributed by atoms with Crippen LogP contribution in [0.4, 0.5) is 13.2 Å². The van der Waals surface area contributed by atoms with E-state index in [2.05, 4.69) is 14.7 Å². The predicted octanol–water partition coefficient (Wildman–Crippen LogP) is 2.38. The Morgan fingerprint density at radius 1 is 1.31 bits per heavy atom. The summed E-state index contributed by atoms with van der Waals surface area (Å²) in [7, 11) is -3.14. The van der Waals surface area contributed by atoms with E-state index >= 15 is 0 Å². The summed E-state index contributed by atoms with van der Waals surface area (Å²) in [6.45, 7) is 7.32. The van der Waals surface area contributed by atoms with Crippen LogP contribution in [0, 0.1) is 12.8 Å². The van der Waals surface area contributed by atoms with Crippen molar-refractivity contribution in [3.05, 3.63) is 41.6 Å². The molecule has 0 aliphatic carbocycles. The second-order valence-electron chi connectivity index (χ2n) is 7.44. The van der Waals surface area contributed by atoms with Gasteiger partial charge in [-0.15, -0.1) is 0 Å². The number of carbonyl (C=O) groups is 1. The molecule has 1 aliphatic heterocycles. The monoisotopic (exact) mass is 480 g/mol. The zero-order valence-electron chi connectivity index (χ0n) is 17.8. The first-order chi connectivity index (χ1) is 14.9. The normalized spacial score (nSPS) is 17.2. The van der Waals surface area contributed by atoms with Gasteiger partial charge in [0.2, 0.25) is 10.0 Å². The van der Waals surface area contributed by atoms with Crippen molar-refractivity contribution in [1.29, 1.82) is 0 Å². The van der Waals surface area contributed by atoms with E-state index < -0.39 is 22.2 Å². The van der Waals surface area contributed by atoms with Gasteiger partial charge in [0.15, 0.2) is 0 Å². The van der Waals surface area contributed by atoms with E-state index in [1.54, 1.807) is 6.92 Å². The Morgan fingerprint density at radius 2 is 2.00 bits per heavy atom. The summed E-state index contributed by atoms with van der Waals surface area (Å²) in [5.74, 6) is -0.439. The molecule has 0 aromatic carbocycles. The summed E-state index contributed by atoms with van der Waals surface area (Å²) in [4.78, 5) is 11.2. The Kier molecular flexibility index (Phi) is 8.87. The lowest BCUT2D eigenvalue weighted by molar-refractivity contribution is -0.192. The van der Waals surface area contributed by atoms with Crippen molar-refractivity contribution in [3.63, 3.8) is 0 Å². The molecule has 32 heavy (non-hydrogen) atoms. The summed E-state index contributed by atoms with van der Waals surface area (Å²) < 4.78 is 65.4. The molecule has 1 unspecified atom stereocenters. The Labute approximate surface area is 184 Å². The van der Waals surface area contributed by atoms with Crippen LogP contribution in [0.2, 0.25) is 0 Å². The van der Waals surface area contributed by atoms with Crippen molar-refractivity contribution < 1.29 is 35.9 Å². The van der Waals surface area contributed by atoms with Gasteiger partial charge in [-0.1, -0.05) is 0 Å². The summed E-state index contributed by atoms with van der Waals surface area (Å²) >= 11 is 0. The van der Waals surface area contributed by atoms with Gasteiger partial charge in [0.25, 0.3) is 0 Å². The highest BCUT2D eigenvalue weighted by atomic mass is 32.2. The number of sulfonamides is 1. The third-order valence-electron chi connectivity index (χ3n) is 4.81. The molecule has 2 aromatic rings. The van der Waals surface area contributed by atoms with Crippen molar-refractivity contribution in [3.8, 4) is 0 Å². The van der Waals surface area contributed by atoms with Gasteiger partial charge in [0, 0.05) is 32.4 Å². The number of carboxylic acids is 1. The van der Waals surface area contributed by atoms with Crippen LogP contribution in [0.15, 0.2) is 28.8 Å². The smallest absolute Gasteiger partial charge is 0.475 e. The fourth-order valence-corrected chi connectivity index (χ4v) is 3.87. The van der Waals surface area contributed by atoms with Gasteiger partial charge >= 0.3 is 12.1 Å². The van der Waals surface area contributed by atoms with E-state index in [9.17, 15) is 21.6 Å². The Bertz CT molecular complexity index is 987. The molecule has 9 nitrogen and oxygen atoms in total. The van der Waals surface area contributed by atoms with Crippen LogP contribution in [-0.4, -0.2) is 59.2 Å². The largest absolute Gasteiger partial charge is 0.490 e. The Morgan fingerprint density at radius 3 is 2.56 bits per heavy atom. The van der Waals surface area contributed by atoms with Crippen molar-refractivity contribution in [2.75, 3.05) is 18.8 Å². The zero-order chi connectivity index (χ0) is 23.9. The third kappa shape index (κ3) is 8.28. The lowest BCUT2D eigenvalue weighted by Crippen LogP contribution is -2.32. The van der Waals surface area contributed by atoms with Gasteiger partial charge in [-0.25, -0.2) is 17.9 Å². The van der Waals surface area contributed by atoms with E-state index in [4.69, 9.17) is 14.3 Å². The minimum absolute atomic E-state index is 0.116. The molecule has 180 valence electrons. The molecule has 1 atom stereocenters. The van der Waals surface area contributed by atoms with Crippen LogP contribution in [0.5, 0.6) is 0 Å². The SMILES string of the molecule is CCS(=O)(=O)NCCC1CN(Cc2ccc(C)o2)Cc2ccnn2C1.O=C(O)C(F)(F)F. The van der Waals surface area contributed by atoms with Gasteiger partial charge in [-0.2, -0.15) is 18.3 Å². The first-order valence-corrected chi connectivity index (χ1v) is 11.6. The number of carboxylic acid groups (broad SMARTS) is 1. The molecule has 0 bridgehead atoms. The lowest BCUT2D eigenvalue weighted by Gasteiger charge is -2.23. The predicted molar refractivity (Wildman–Crippen MR) is 109 cm³/mol. The fourth-order valence-electron chi connectivity index (χ4n) is 3.23. The molecule has 0 saturated carbocycles. The van der Waals surface area contributed by atoms with Crippen molar-refractivity contribution in [1.82, 2.24) is 19.4 Å². The van der Waals surface area contributed by atoms with E-state index in [0.29, 0.717) is 12.5 Å². The Balaban J connectivity index is 0.000000451. The van der Waals surface area contributed by atoms with E-state index in [-0.39, 0.29) is 5.75 Å². The van der Waals surface area contributed by atoms with E-state index in [0.717, 1.165) is 44.1 Å². The number of fused-ring (bicyclic) bond motifs is 1. The average molecular weight is 481 g/mol. The summed E-state index contributed by atoms with van der Waals surface area (Å²) in [6.07, 6.45) is -2.47. The minimum atomic E-state index is -5.08. The van der Waals surface area contributed by atoms with Gasteiger partial charge in [0.1, 0.15) is 11.5 Å². The first-order valence-electron chi connectivity index (χ1n) is 9.95. The number of halogens is 3. The van der Waals surface area contributed by atoms with Crippen LogP contribution in [0.1, 0.15) is 30.6 Å². The van der Waals surface area contributed by atoms with Gasteiger partial charge in [-0.3, -0.25) is 9.58 Å². The molecule has 3 rings (SSSR count). The molecule has 1 aliphatic rings. The number of aryl methyl sites for hydroxylation is 1. The molecular formula is C19H27F3N4O5S. The molecule has 0 saturated heterocycles. The number of aromatic nitrogens is 2. The first kappa shape index (κ1) is 25.9.